The Bertz CT molecular complexity index is 1180. The van der Waals surface area contributed by atoms with Gasteiger partial charge in [0, 0.05) is 23.9 Å². The molecule has 17 heteroatoms. The molecule has 2 aromatic heterocycles. The summed E-state index contributed by atoms with van der Waals surface area (Å²) >= 11 is 3.75. The van der Waals surface area contributed by atoms with Crippen LogP contribution in [-0.2, 0) is 26.3 Å². The lowest BCUT2D eigenvalue weighted by Crippen LogP contribution is -2.71. The number of oxime groups is 1. The van der Waals surface area contributed by atoms with E-state index in [2.05, 4.69) is 31.0 Å². The number of aryl methyl sites for hydroxylation is 1. The molecule has 4 N–H and O–H groups in total. The van der Waals surface area contributed by atoms with Crippen molar-refractivity contribution in [1.82, 2.24) is 35.4 Å². The summed E-state index contributed by atoms with van der Waals surface area (Å²) in [5.74, 6) is -1.77. The van der Waals surface area contributed by atoms with E-state index in [0.717, 1.165) is 11.3 Å². The second-order valence-electron chi connectivity index (χ2n) is 6.69. The number of carboxylic acids is 1. The molecule has 1 unspecified atom stereocenters. The Labute approximate surface area is 198 Å². The number of aromatic nitrogens is 5. The van der Waals surface area contributed by atoms with Gasteiger partial charge in [-0.2, -0.15) is 0 Å². The number of nitrogens with two attached hydrogens (primary N) is 1. The molecule has 0 spiro atoms. The molecule has 2 aromatic rings. The third-order valence-corrected chi connectivity index (χ3v) is 7.77. The number of β-lactam (4-membered cyclic amide) rings is 1. The Balaban J connectivity index is 1.49. The van der Waals surface area contributed by atoms with Crippen LogP contribution in [-0.4, -0.2) is 88.7 Å². The second kappa shape index (κ2) is 9.36. The van der Waals surface area contributed by atoms with Crippen LogP contribution < -0.4 is 11.1 Å². The van der Waals surface area contributed by atoms with E-state index in [4.69, 9.17) is 10.6 Å². The maximum Gasteiger partial charge on any atom is 0.352 e. The van der Waals surface area contributed by atoms with Crippen LogP contribution in [0, 0.1) is 0 Å². The number of thioether (sulfide) groups is 2. The standard InChI is InChI=1S/C16H17N9O5S3/c1-24-16(20-22-23-24)33-4-6-3-31-13-9(12(27)25(13)10(6)14(28)29)19-11(26)8(21-30-2)7-5-32-15(17)18-7/h5,9,13H,3-4H2,1-2H3,(H2,17,18)(H,19,26)(H,28,29)/t9?,13-/m0/s1. The molecule has 2 amide bonds. The number of hydrogen-bond donors (Lipinski definition) is 3. The number of carbonyl (C=O) groups excluding carboxylic acids is 2. The third kappa shape index (κ3) is 4.38. The molecule has 2 atom stereocenters. The number of thiazole rings is 1. The van der Waals surface area contributed by atoms with E-state index in [9.17, 15) is 19.5 Å². The van der Waals surface area contributed by atoms with E-state index in [1.807, 2.05) is 0 Å². The van der Waals surface area contributed by atoms with Gasteiger partial charge in [-0.05, 0) is 16.0 Å². The summed E-state index contributed by atoms with van der Waals surface area (Å²) in [4.78, 5) is 47.6. The highest BCUT2D eigenvalue weighted by Crippen LogP contribution is 2.41. The van der Waals surface area contributed by atoms with Gasteiger partial charge < -0.3 is 21.0 Å². The van der Waals surface area contributed by atoms with Gasteiger partial charge in [0.15, 0.2) is 10.8 Å². The van der Waals surface area contributed by atoms with Crippen molar-refractivity contribution in [3.8, 4) is 0 Å². The van der Waals surface area contributed by atoms with E-state index in [0.29, 0.717) is 22.2 Å². The van der Waals surface area contributed by atoms with Crippen LogP contribution in [0.1, 0.15) is 5.69 Å². The number of tetrazole rings is 1. The normalized spacial score (nSPS) is 20.4. The van der Waals surface area contributed by atoms with Gasteiger partial charge in [-0.1, -0.05) is 16.9 Å². The molecule has 2 aliphatic heterocycles. The Morgan fingerprint density at radius 1 is 1.48 bits per heavy atom. The first kappa shape index (κ1) is 23.0. The van der Waals surface area contributed by atoms with Crippen molar-refractivity contribution in [2.75, 3.05) is 24.3 Å². The van der Waals surface area contributed by atoms with Crippen LogP contribution in [0.3, 0.4) is 0 Å². The highest BCUT2D eigenvalue weighted by Gasteiger charge is 2.54. The van der Waals surface area contributed by atoms with E-state index in [1.165, 1.54) is 40.2 Å². The molecule has 1 fully saturated rings. The zero-order chi connectivity index (χ0) is 23.7. The van der Waals surface area contributed by atoms with Crippen molar-refractivity contribution in [1.29, 1.82) is 0 Å². The maximum absolute atomic E-state index is 12.9. The maximum atomic E-state index is 12.9. The number of nitrogen functional groups attached to an aromatic ring is 1. The van der Waals surface area contributed by atoms with Crippen LogP contribution in [0.25, 0.3) is 0 Å². The molecule has 1 saturated heterocycles. The quantitative estimate of drug-likeness (QED) is 0.172. The minimum atomic E-state index is -1.22. The summed E-state index contributed by atoms with van der Waals surface area (Å²) in [5, 5.41) is 29.0. The predicted molar refractivity (Wildman–Crippen MR) is 119 cm³/mol. The number of fused-ring (bicyclic) bond motifs is 1. The lowest BCUT2D eigenvalue weighted by molar-refractivity contribution is -0.150. The summed E-state index contributed by atoms with van der Waals surface area (Å²) in [6, 6.07) is -0.924. The van der Waals surface area contributed by atoms with Crippen LogP contribution >= 0.6 is 34.9 Å². The Morgan fingerprint density at radius 2 is 2.27 bits per heavy atom. The predicted octanol–water partition coefficient (Wildman–Crippen LogP) is -0.870. The summed E-state index contributed by atoms with van der Waals surface area (Å²) in [7, 11) is 2.95. The average Bonchev–Trinajstić information content (AvgIpc) is 3.40. The van der Waals surface area contributed by atoms with Gasteiger partial charge in [0.25, 0.3) is 11.8 Å². The Hall–Kier alpha value is -3.18. The number of nitrogens with one attached hydrogen (secondary N) is 1. The van der Waals surface area contributed by atoms with Crippen molar-refractivity contribution in [3.63, 3.8) is 0 Å². The number of hydrogen-bond acceptors (Lipinski definition) is 13. The molecule has 0 aliphatic carbocycles. The Morgan fingerprint density at radius 3 is 2.88 bits per heavy atom. The molecule has 0 aromatic carbocycles. The highest BCUT2D eigenvalue weighted by molar-refractivity contribution is 8.01. The molecule has 14 nitrogen and oxygen atoms in total. The molecular weight excluding hydrogens is 494 g/mol. The van der Waals surface area contributed by atoms with Crippen LogP contribution in [0.15, 0.2) is 27.0 Å². The van der Waals surface area contributed by atoms with Crippen molar-refractivity contribution in [3.05, 3.63) is 22.3 Å². The molecule has 0 bridgehead atoms. The fraction of sp³-hybridized carbons (Fsp3) is 0.375. The van der Waals surface area contributed by atoms with Crippen molar-refractivity contribution < 1.29 is 24.3 Å². The van der Waals surface area contributed by atoms with Crippen LogP contribution in [0.4, 0.5) is 5.13 Å². The van der Waals surface area contributed by atoms with E-state index in [1.54, 1.807) is 12.4 Å². The molecule has 4 rings (SSSR count). The number of amides is 2. The van der Waals surface area contributed by atoms with E-state index < -0.39 is 29.2 Å². The highest BCUT2D eigenvalue weighted by atomic mass is 32.2. The van der Waals surface area contributed by atoms with Gasteiger partial charge >= 0.3 is 5.97 Å². The summed E-state index contributed by atoms with van der Waals surface area (Å²) in [6.07, 6.45) is 0. The molecule has 0 radical (unpaired) electrons. The van der Waals surface area contributed by atoms with Gasteiger partial charge in [0.2, 0.25) is 5.16 Å². The first-order valence-corrected chi connectivity index (χ1v) is 12.1. The smallest absolute Gasteiger partial charge is 0.352 e. The topological polar surface area (TPSA) is 191 Å². The van der Waals surface area contributed by atoms with Crippen LogP contribution in [0.5, 0.6) is 0 Å². The van der Waals surface area contributed by atoms with E-state index in [-0.39, 0.29) is 22.2 Å². The lowest BCUT2D eigenvalue weighted by Gasteiger charge is -2.49. The summed E-state index contributed by atoms with van der Waals surface area (Å²) < 4.78 is 1.47. The number of rotatable bonds is 8. The fourth-order valence-electron chi connectivity index (χ4n) is 3.19. The summed E-state index contributed by atoms with van der Waals surface area (Å²) in [5.41, 5.74) is 6.17. The first-order valence-electron chi connectivity index (χ1n) is 9.20. The molecule has 174 valence electrons. The first-order chi connectivity index (χ1) is 15.8. The molecule has 4 heterocycles. The van der Waals surface area contributed by atoms with Crippen molar-refractivity contribution in [2.24, 2.45) is 12.2 Å². The van der Waals surface area contributed by atoms with Gasteiger partial charge in [-0.25, -0.2) is 14.5 Å². The second-order valence-corrected chi connectivity index (χ2v) is 9.62. The van der Waals surface area contributed by atoms with Gasteiger partial charge in [-0.3, -0.25) is 14.5 Å². The van der Waals surface area contributed by atoms with Crippen molar-refractivity contribution >= 4 is 63.5 Å². The minimum absolute atomic E-state index is 0.0880. The van der Waals surface area contributed by atoms with E-state index >= 15 is 0 Å². The van der Waals surface area contributed by atoms with Gasteiger partial charge in [0.05, 0.1) is 0 Å². The summed E-state index contributed by atoms with van der Waals surface area (Å²) in [6.45, 7) is 0. The zero-order valence-corrected chi connectivity index (χ0v) is 19.6. The van der Waals surface area contributed by atoms with Crippen molar-refractivity contribution in [2.45, 2.75) is 16.6 Å². The molecule has 0 saturated carbocycles. The van der Waals surface area contributed by atoms with Gasteiger partial charge in [-0.15, -0.1) is 28.2 Å². The SMILES string of the molecule is CON=C(C(=O)NC1C(=O)N2C(C(=O)O)=C(CSc3nnnn3C)CS[C@@H]12)c1csc(N)n1. The minimum Gasteiger partial charge on any atom is -0.477 e. The number of aliphatic carboxylic acids is 1. The molecular formula is C16H17N9O5S3. The van der Waals surface area contributed by atoms with Gasteiger partial charge in [0.1, 0.15) is 29.9 Å². The largest absolute Gasteiger partial charge is 0.477 e. The fourth-order valence-corrected chi connectivity index (χ4v) is 6.07. The molecule has 2 aliphatic rings. The van der Waals surface area contributed by atoms with Crippen LogP contribution in [0.2, 0.25) is 0 Å². The zero-order valence-electron chi connectivity index (χ0n) is 17.2. The average molecular weight is 512 g/mol. The number of carbonyl (C=O) groups is 3. The third-order valence-electron chi connectivity index (χ3n) is 4.66. The monoisotopic (exact) mass is 511 g/mol. The number of nitrogens with zero attached hydrogens (tertiary/aromatic N) is 7. The number of anilines is 1. The lowest BCUT2D eigenvalue weighted by atomic mass is 10.0. The molecule has 33 heavy (non-hydrogen) atoms. The Kier molecular flexibility index (Phi) is 6.52. The number of carboxylic acid groups (broad SMARTS) is 1.